The van der Waals surface area contributed by atoms with Crippen molar-refractivity contribution in [1.29, 1.82) is 5.41 Å². The summed E-state index contributed by atoms with van der Waals surface area (Å²) in [7, 11) is 1.37. The number of rotatable bonds is 10. The van der Waals surface area contributed by atoms with E-state index in [1.807, 2.05) is 13.8 Å². The van der Waals surface area contributed by atoms with E-state index in [0.29, 0.717) is 23.5 Å². The molecule has 0 aliphatic rings. The van der Waals surface area contributed by atoms with Crippen molar-refractivity contribution in [1.82, 2.24) is 9.96 Å². The minimum atomic E-state index is -1.13. The van der Waals surface area contributed by atoms with Gasteiger partial charge in [-0.3, -0.25) is 5.41 Å². The van der Waals surface area contributed by atoms with Crippen LogP contribution in [0.3, 0.4) is 0 Å². The first-order valence-electron chi connectivity index (χ1n) is 10.1. The zero-order valence-electron chi connectivity index (χ0n) is 17.8. The molecule has 0 aromatic heterocycles. The second-order valence-corrected chi connectivity index (χ2v) is 6.82. The number of hydrogen-bond acceptors (Lipinski definition) is 6. The lowest BCUT2D eigenvalue weighted by molar-refractivity contribution is -0.169. The highest BCUT2D eigenvalue weighted by atomic mass is 16.8. The molecule has 2 N–H and O–H groups in total. The molecule has 1 atom stereocenters. The third-order valence-corrected chi connectivity index (χ3v) is 4.38. The quantitative estimate of drug-likeness (QED) is 0.257. The maximum Gasteiger partial charge on any atom is 0.451 e. The first-order chi connectivity index (χ1) is 14.3. The van der Waals surface area contributed by atoms with Gasteiger partial charge in [0.05, 0.1) is 13.0 Å². The van der Waals surface area contributed by atoms with Crippen LogP contribution in [0.5, 0.6) is 0 Å². The third-order valence-electron chi connectivity index (χ3n) is 4.38. The van der Waals surface area contributed by atoms with E-state index in [-0.39, 0.29) is 19.4 Å². The molecule has 1 unspecified atom stereocenters. The monoisotopic (exact) mass is 421 g/mol. The number of nitrogens with one attached hydrogen (secondary N) is 1. The molecule has 0 radical (unpaired) electrons. The Kier molecular flexibility index (Phi) is 11.0. The molecule has 0 fully saturated rings. The number of unbranched alkanes of at least 4 members (excludes halogenated alkanes) is 2. The Balaban J connectivity index is 2.96. The molecule has 0 saturated carbocycles. The zero-order valence-corrected chi connectivity index (χ0v) is 17.8. The van der Waals surface area contributed by atoms with Crippen LogP contribution >= 0.6 is 0 Å². The van der Waals surface area contributed by atoms with E-state index in [0.717, 1.165) is 17.7 Å². The summed E-state index contributed by atoms with van der Waals surface area (Å²) in [4.78, 5) is 42.7. The number of benzene rings is 1. The number of likely N-dealkylation sites (N-methyl/N-ethyl adjacent to an activating group) is 1. The van der Waals surface area contributed by atoms with Crippen molar-refractivity contribution in [3.8, 4) is 0 Å². The van der Waals surface area contributed by atoms with Crippen molar-refractivity contribution in [2.24, 2.45) is 0 Å². The van der Waals surface area contributed by atoms with Crippen LogP contribution in [0.25, 0.3) is 0 Å². The van der Waals surface area contributed by atoms with Crippen molar-refractivity contribution in [3.63, 3.8) is 0 Å². The van der Waals surface area contributed by atoms with E-state index in [1.54, 1.807) is 30.3 Å². The Labute approximate surface area is 177 Å². The lowest BCUT2D eigenvalue weighted by Gasteiger charge is -2.31. The topological polar surface area (TPSA) is 120 Å². The average Bonchev–Trinajstić information content (AvgIpc) is 2.72. The normalized spacial score (nSPS) is 11.3. The molecule has 0 spiro atoms. The van der Waals surface area contributed by atoms with Crippen LogP contribution in [0, 0.1) is 5.41 Å². The summed E-state index contributed by atoms with van der Waals surface area (Å²) in [6, 6.07) is 7.75. The van der Waals surface area contributed by atoms with Crippen LogP contribution < -0.4 is 0 Å². The van der Waals surface area contributed by atoms with Crippen molar-refractivity contribution >= 4 is 24.0 Å². The second kappa shape index (κ2) is 13.2. The van der Waals surface area contributed by atoms with Gasteiger partial charge in [0.15, 0.2) is 0 Å². The number of carboxylic acids is 1. The maximum absolute atomic E-state index is 12.5. The molecular formula is C21H31N3O6. The van der Waals surface area contributed by atoms with Gasteiger partial charge in [-0.05, 0) is 18.4 Å². The molecule has 1 aromatic rings. The van der Waals surface area contributed by atoms with Gasteiger partial charge in [0, 0.05) is 7.05 Å². The van der Waals surface area contributed by atoms with E-state index >= 15 is 0 Å². The molecule has 9 nitrogen and oxygen atoms in total. The van der Waals surface area contributed by atoms with Crippen LogP contribution in [0.2, 0.25) is 0 Å². The van der Waals surface area contributed by atoms with Crippen molar-refractivity contribution in [2.45, 2.75) is 58.4 Å². The lowest BCUT2D eigenvalue weighted by Crippen LogP contribution is -2.52. The van der Waals surface area contributed by atoms with Crippen LogP contribution in [-0.4, -0.2) is 58.8 Å². The minimum Gasteiger partial charge on any atom is -0.480 e. The maximum atomic E-state index is 12.5. The fourth-order valence-corrected chi connectivity index (χ4v) is 2.60. The highest BCUT2D eigenvalue weighted by molar-refractivity contribution is 5.94. The number of hydrogen-bond donors (Lipinski definition) is 2. The van der Waals surface area contributed by atoms with Gasteiger partial charge in [-0.1, -0.05) is 68.5 Å². The number of carbonyl (C=O) groups excluding carboxylic acids is 2. The number of aliphatic carboxylic acids is 1. The van der Waals surface area contributed by atoms with Gasteiger partial charge in [-0.2, -0.15) is 0 Å². The molecule has 9 heteroatoms. The van der Waals surface area contributed by atoms with E-state index in [2.05, 4.69) is 0 Å². The largest absolute Gasteiger partial charge is 0.480 e. The second-order valence-electron chi connectivity index (χ2n) is 6.82. The number of carboxylic acid groups (broad SMARTS) is 1. The van der Waals surface area contributed by atoms with Gasteiger partial charge in [0.1, 0.15) is 6.04 Å². The van der Waals surface area contributed by atoms with Crippen LogP contribution in [-0.2, 0) is 25.6 Å². The summed E-state index contributed by atoms with van der Waals surface area (Å²) in [6.45, 7) is 3.94. The first-order valence-corrected chi connectivity index (χ1v) is 10.1. The fourth-order valence-electron chi connectivity index (χ4n) is 2.60. The molecule has 1 aromatic carbocycles. The smallest absolute Gasteiger partial charge is 0.451 e. The predicted octanol–water partition coefficient (Wildman–Crippen LogP) is 3.44. The van der Waals surface area contributed by atoms with E-state index in [4.69, 9.17) is 15.0 Å². The summed E-state index contributed by atoms with van der Waals surface area (Å²) in [5.74, 6) is -2.49. The zero-order chi connectivity index (χ0) is 22.5. The van der Waals surface area contributed by atoms with Gasteiger partial charge in [0.2, 0.25) is 5.96 Å². The Hall–Kier alpha value is -3.10. The van der Waals surface area contributed by atoms with Crippen LogP contribution in [0.15, 0.2) is 30.3 Å². The van der Waals surface area contributed by atoms with Gasteiger partial charge in [-0.25, -0.2) is 14.4 Å². The standard InChI is InChI=1S/C21H31N3O6/c1-4-6-13-17(19(26)27)23(3)20(22)24(21(28)29-14-7-5-2)30-18(25)15-16-11-9-8-10-12-16/h8-12,17,22H,4-7,13-15H2,1-3H3,(H,26,27). The molecule has 30 heavy (non-hydrogen) atoms. The summed E-state index contributed by atoms with van der Waals surface area (Å²) in [5.41, 5.74) is 0.674. The molecule has 0 aliphatic carbocycles. The van der Waals surface area contributed by atoms with Crippen molar-refractivity contribution < 1.29 is 29.1 Å². The summed E-state index contributed by atoms with van der Waals surface area (Å²) in [6.07, 6.45) is 1.92. The number of guanidine groups is 1. The van der Waals surface area contributed by atoms with Gasteiger partial charge >= 0.3 is 18.0 Å². The van der Waals surface area contributed by atoms with Crippen LogP contribution in [0.4, 0.5) is 4.79 Å². The number of amides is 1. The molecule has 0 saturated heterocycles. The Bertz CT molecular complexity index is 710. The molecule has 166 valence electrons. The molecular weight excluding hydrogens is 390 g/mol. The third kappa shape index (κ3) is 8.10. The predicted molar refractivity (Wildman–Crippen MR) is 111 cm³/mol. The molecule has 0 bridgehead atoms. The Morgan fingerprint density at radius 2 is 1.73 bits per heavy atom. The summed E-state index contributed by atoms with van der Waals surface area (Å²) >= 11 is 0. The highest BCUT2D eigenvalue weighted by Gasteiger charge is 2.33. The number of ether oxygens (including phenoxy) is 1. The van der Waals surface area contributed by atoms with E-state index < -0.39 is 30.0 Å². The molecule has 1 amide bonds. The molecule has 1 rings (SSSR count). The van der Waals surface area contributed by atoms with Crippen molar-refractivity contribution in [2.75, 3.05) is 13.7 Å². The summed E-state index contributed by atoms with van der Waals surface area (Å²) in [5, 5.41) is 18.2. The van der Waals surface area contributed by atoms with Gasteiger partial charge < -0.3 is 19.6 Å². The average molecular weight is 421 g/mol. The van der Waals surface area contributed by atoms with Gasteiger partial charge in [0.25, 0.3) is 0 Å². The fraction of sp³-hybridized carbons (Fsp3) is 0.524. The lowest BCUT2D eigenvalue weighted by atomic mass is 10.1. The SMILES string of the molecule is CCCCOC(=O)N(OC(=O)Cc1ccccc1)C(=N)N(C)C(CCCC)C(=O)O. The molecule has 0 heterocycles. The van der Waals surface area contributed by atoms with E-state index in [1.165, 1.54) is 7.05 Å². The number of carbonyl (C=O) groups is 3. The van der Waals surface area contributed by atoms with Crippen molar-refractivity contribution in [3.05, 3.63) is 35.9 Å². The number of nitrogens with zero attached hydrogens (tertiary/aromatic N) is 2. The minimum absolute atomic E-state index is 0.0945. The van der Waals surface area contributed by atoms with Crippen LogP contribution in [0.1, 0.15) is 51.5 Å². The molecule has 0 aliphatic heterocycles. The Morgan fingerprint density at radius 3 is 2.30 bits per heavy atom. The Morgan fingerprint density at radius 1 is 1.10 bits per heavy atom. The van der Waals surface area contributed by atoms with E-state index in [9.17, 15) is 19.5 Å². The number of hydroxylamine groups is 2. The summed E-state index contributed by atoms with van der Waals surface area (Å²) < 4.78 is 5.08. The van der Waals surface area contributed by atoms with Gasteiger partial charge in [-0.15, -0.1) is 0 Å². The first kappa shape index (κ1) is 24.9. The highest BCUT2D eigenvalue weighted by Crippen LogP contribution is 2.12.